The van der Waals surface area contributed by atoms with E-state index in [1.807, 2.05) is 6.07 Å². The van der Waals surface area contributed by atoms with Crippen LogP contribution in [0.4, 0.5) is 5.69 Å². The first-order valence-electron chi connectivity index (χ1n) is 6.08. The maximum Gasteiger partial charge on any atom is 0.138 e. The molecule has 0 saturated heterocycles. The zero-order chi connectivity index (χ0) is 13.9. The van der Waals surface area contributed by atoms with Gasteiger partial charge in [0.05, 0.1) is 17.1 Å². The molecule has 0 aliphatic heterocycles. The molecule has 0 amide bonds. The third-order valence-electron chi connectivity index (χ3n) is 2.94. The molecule has 4 heteroatoms. The molecular formula is C16H11N3O. The summed E-state index contributed by atoms with van der Waals surface area (Å²) in [5, 5.41) is 9.79. The number of nitrogens with zero attached hydrogens (tertiary/aromatic N) is 2. The summed E-state index contributed by atoms with van der Waals surface area (Å²) in [6.45, 7) is 0. The number of rotatable bonds is 2. The van der Waals surface area contributed by atoms with E-state index in [9.17, 15) is 0 Å². The average Bonchev–Trinajstić information content (AvgIpc) is 2.49. The standard InChI is InChI=1S/C16H11N3O/c17-10-11-1-6-15-14(9-11)16(7-8-19-15)20-13-4-2-12(18)3-5-13/h1-9H,18H2. The van der Waals surface area contributed by atoms with Crippen LogP contribution in [0.5, 0.6) is 11.5 Å². The Hall–Kier alpha value is -3.06. The summed E-state index contributed by atoms with van der Waals surface area (Å²) >= 11 is 0. The first kappa shape index (κ1) is 12.0. The second kappa shape index (κ2) is 4.90. The van der Waals surface area contributed by atoms with Gasteiger partial charge in [-0.15, -0.1) is 0 Å². The molecule has 3 rings (SSSR count). The first-order valence-corrected chi connectivity index (χ1v) is 6.08. The lowest BCUT2D eigenvalue weighted by atomic mass is 10.1. The highest BCUT2D eigenvalue weighted by Gasteiger charge is 2.05. The van der Waals surface area contributed by atoms with Gasteiger partial charge in [0, 0.05) is 17.3 Å². The Bertz CT molecular complexity index is 804. The monoisotopic (exact) mass is 261 g/mol. The molecule has 0 saturated carbocycles. The molecule has 0 spiro atoms. The lowest BCUT2D eigenvalue weighted by Crippen LogP contribution is -1.89. The van der Waals surface area contributed by atoms with E-state index in [0.717, 1.165) is 10.9 Å². The Morgan fingerprint density at radius 1 is 1.05 bits per heavy atom. The van der Waals surface area contributed by atoms with Gasteiger partial charge in [0.25, 0.3) is 0 Å². The van der Waals surface area contributed by atoms with Crippen LogP contribution in [0.15, 0.2) is 54.7 Å². The van der Waals surface area contributed by atoms with E-state index in [-0.39, 0.29) is 0 Å². The van der Waals surface area contributed by atoms with Gasteiger partial charge >= 0.3 is 0 Å². The Kier molecular flexibility index (Phi) is 2.94. The van der Waals surface area contributed by atoms with E-state index in [2.05, 4.69) is 11.1 Å². The third kappa shape index (κ3) is 2.25. The molecule has 4 nitrogen and oxygen atoms in total. The van der Waals surface area contributed by atoms with E-state index in [1.165, 1.54) is 0 Å². The smallest absolute Gasteiger partial charge is 0.138 e. The van der Waals surface area contributed by atoms with Gasteiger partial charge in [-0.2, -0.15) is 5.26 Å². The summed E-state index contributed by atoms with van der Waals surface area (Å²) in [4.78, 5) is 4.26. The first-order chi connectivity index (χ1) is 9.76. The van der Waals surface area contributed by atoms with E-state index < -0.39 is 0 Å². The molecular weight excluding hydrogens is 250 g/mol. The van der Waals surface area contributed by atoms with Crippen LogP contribution in [0.25, 0.3) is 10.9 Å². The van der Waals surface area contributed by atoms with Gasteiger partial charge in [-0.3, -0.25) is 4.98 Å². The molecule has 0 fully saturated rings. The van der Waals surface area contributed by atoms with Crippen molar-refractivity contribution in [1.82, 2.24) is 4.98 Å². The molecule has 2 N–H and O–H groups in total. The largest absolute Gasteiger partial charge is 0.457 e. The topological polar surface area (TPSA) is 71.9 Å². The summed E-state index contributed by atoms with van der Waals surface area (Å²) in [5.41, 5.74) is 7.70. The maximum absolute atomic E-state index is 8.98. The lowest BCUT2D eigenvalue weighted by Gasteiger charge is -2.08. The van der Waals surface area contributed by atoms with Gasteiger partial charge < -0.3 is 10.5 Å². The number of fused-ring (bicyclic) bond motifs is 1. The molecule has 0 aliphatic carbocycles. The number of nitrogen functional groups attached to an aromatic ring is 1. The van der Waals surface area contributed by atoms with Crippen LogP contribution in [0.2, 0.25) is 0 Å². The highest BCUT2D eigenvalue weighted by Crippen LogP contribution is 2.29. The van der Waals surface area contributed by atoms with Crippen molar-refractivity contribution in [2.45, 2.75) is 0 Å². The quantitative estimate of drug-likeness (QED) is 0.717. The molecule has 0 unspecified atom stereocenters. The van der Waals surface area contributed by atoms with Crippen molar-refractivity contribution in [2.24, 2.45) is 0 Å². The molecule has 1 aromatic heterocycles. The molecule has 0 bridgehead atoms. The summed E-state index contributed by atoms with van der Waals surface area (Å²) in [6, 6.07) is 16.4. The Morgan fingerprint density at radius 2 is 1.85 bits per heavy atom. The van der Waals surface area contributed by atoms with E-state index in [0.29, 0.717) is 22.7 Å². The normalized spacial score (nSPS) is 10.2. The number of hydrogen-bond acceptors (Lipinski definition) is 4. The van der Waals surface area contributed by atoms with Gasteiger partial charge in [-0.25, -0.2) is 0 Å². The Morgan fingerprint density at radius 3 is 2.60 bits per heavy atom. The predicted molar refractivity (Wildman–Crippen MR) is 77.4 cm³/mol. The molecule has 20 heavy (non-hydrogen) atoms. The van der Waals surface area contributed by atoms with Crippen molar-refractivity contribution in [3.05, 3.63) is 60.3 Å². The van der Waals surface area contributed by atoms with Crippen molar-refractivity contribution in [3.8, 4) is 17.6 Å². The molecule has 0 aliphatic rings. The molecule has 1 heterocycles. The van der Waals surface area contributed by atoms with E-state index in [4.69, 9.17) is 15.7 Å². The minimum absolute atomic E-state index is 0.577. The van der Waals surface area contributed by atoms with E-state index in [1.54, 1.807) is 48.7 Å². The van der Waals surface area contributed by atoms with Gasteiger partial charge in [-0.1, -0.05) is 0 Å². The Balaban J connectivity index is 2.06. The van der Waals surface area contributed by atoms with Crippen LogP contribution < -0.4 is 10.5 Å². The second-order valence-corrected chi connectivity index (χ2v) is 4.32. The van der Waals surface area contributed by atoms with Crippen LogP contribution in [0, 0.1) is 11.3 Å². The fraction of sp³-hybridized carbons (Fsp3) is 0. The Labute approximate surface area is 116 Å². The fourth-order valence-electron chi connectivity index (χ4n) is 1.94. The number of anilines is 1. The zero-order valence-electron chi connectivity index (χ0n) is 10.6. The van der Waals surface area contributed by atoms with Gasteiger partial charge in [0.2, 0.25) is 0 Å². The van der Waals surface area contributed by atoms with E-state index >= 15 is 0 Å². The van der Waals surface area contributed by atoms with Crippen molar-refractivity contribution in [2.75, 3.05) is 5.73 Å². The van der Waals surface area contributed by atoms with Crippen molar-refractivity contribution in [1.29, 1.82) is 5.26 Å². The zero-order valence-corrected chi connectivity index (χ0v) is 10.6. The van der Waals surface area contributed by atoms with Gasteiger partial charge in [0.1, 0.15) is 11.5 Å². The van der Waals surface area contributed by atoms with Crippen LogP contribution in [-0.4, -0.2) is 4.98 Å². The number of nitriles is 1. The SMILES string of the molecule is N#Cc1ccc2nccc(Oc3ccc(N)cc3)c2c1. The third-order valence-corrected chi connectivity index (χ3v) is 2.94. The van der Waals surface area contributed by atoms with Crippen LogP contribution in [0.3, 0.4) is 0 Å². The summed E-state index contributed by atoms with van der Waals surface area (Å²) < 4.78 is 5.84. The van der Waals surface area contributed by atoms with Crippen molar-refractivity contribution >= 4 is 16.6 Å². The van der Waals surface area contributed by atoms with Crippen LogP contribution in [0.1, 0.15) is 5.56 Å². The summed E-state index contributed by atoms with van der Waals surface area (Å²) in [7, 11) is 0. The highest BCUT2D eigenvalue weighted by molar-refractivity contribution is 5.86. The number of aromatic nitrogens is 1. The highest BCUT2D eigenvalue weighted by atomic mass is 16.5. The predicted octanol–water partition coefficient (Wildman–Crippen LogP) is 3.48. The summed E-state index contributed by atoms with van der Waals surface area (Å²) in [6.07, 6.45) is 1.68. The lowest BCUT2D eigenvalue weighted by molar-refractivity contribution is 0.488. The number of hydrogen-bond donors (Lipinski definition) is 1. The molecule has 0 atom stereocenters. The molecule has 2 aromatic carbocycles. The van der Waals surface area contributed by atoms with Crippen LogP contribution >= 0.6 is 0 Å². The molecule has 3 aromatic rings. The fourth-order valence-corrected chi connectivity index (χ4v) is 1.94. The average molecular weight is 261 g/mol. The van der Waals surface area contributed by atoms with Crippen LogP contribution in [-0.2, 0) is 0 Å². The molecule has 0 radical (unpaired) electrons. The molecule has 96 valence electrons. The number of ether oxygens (including phenoxy) is 1. The van der Waals surface area contributed by atoms with Crippen molar-refractivity contribution in [3.63, 3.8) is 0 Å². The number of pyridine rings is 1. The van der Waals surface area contributed by atoms with Crippen molar-refractivity contribution < 1.29 is 4.74 Å². The number of nitrogens with two attached hydrogens (primary N) is 1. The summed E-state index contributed by atoms with van der Waals surface area (Å²) in [5.74, 6) is 1.35. The second-order valence-electron chi connectivity index (χ2n) is 4.32. The minimum Gasteiger partial charge on any atom is -0.457 e. The number of benzene rings is 2. The van der Waals surface area contributed by atoms with Gasteiger partial charge in [0.15, 0.2) is 0 Å². The maximum atomic E-state index is 8.98. The van der Waals surface area contributed by atoms with Gasteiger partial charge in [-0.05, 0) is 48.5 Å². The minimum atomic E-state index is 0.577.